The molecule has 106 valence electrons. The molecule has 5 nitrogen and oxygen atoms in total. The van der Waals surface area contributed by atoms with Crippen molar-refractivity contribution in [2.45, 2.75) is 31.4 Å². The van der Waals surface area contributed by atoms with E-state index < -0.39 is 15.1 Å². The molecule has 0 saturated carbocycles. The number of nitrogens with one attached hydrogen (secondary N) is 2. The molecule has 2 N–H and O–H groups in total. The van der Waals surface area contributed by atoms with Crippen LogP contribution in [0.1, 0.15) is 23.4 Å². The molecule has 8 heteroatoms. The number of H-pyrrole nitrogens is 1. The van der Waals surface area contributed by atoms with Gasteiger partial charge in [-0.3, -0.25) is 4.79 Å². The molecule has 0 bridgehead atoms. The molecule has 2 heterocycles. The van der Waals surface area contributed by atoms with Gasteiger partial charge in [-0.2, -0.15) is 0 Å². The van der Waals surface area contributed by atoms with Gasteiger partial charge in [-0.1, -0.05) is 0 Å². The zero-order valence-corrected chi connectivity index (χ0v) is 13.0. The molecule has 1 amide bonds. The average Bonchev–Trinajstić information content (AvgIpc) is 2.79. The Hall–Kier alpha value is -0.730. The van der Waals surface area contributed by atoms with Crippen molar-refractivity contribution in [3.05, 3.63) is 14.5 Å². The number of amides is 1. The minimum atomic E-state index is -2.99. The fraction of sp³-hybridized carbons (Fsp3) is 0.636. The largest absolute Gasteiger partial charge is 0.354 e. The lowest BCUT2D eigenvalue weighted by Crippen LogP contribution is -2.35. The maximum absolute atomic E-state index is 11.8. The van der Waals surface area contributed by atoms with Crippen LogP contribution in [-0.4, -0.2) is 36.9 Å². The van der Waals surface area contributed by atoms with Crippen molar-refractivity contribution < 1.29 is 13.2 Å². The lowest BCUT2D eigenvalue weighted by molar-refractivity contribution is -0.120. The van der Waals surface area contributed by atoms with Crippen LogP contribution in [0.25, 0.3) is 0 Å². The molecular formula is C11H16N2O3S3. The molecule has 0 radical (unpaired) electrons. The van der Waals surface area contributed by atoms with Crippen LogP contribution in [0, 0.1) is 10.9 Å². The minimum Gasteiger partial charge on any atom is -0.354 e. The third kappa shape index (κ3) is 3.64. The van der Waals surface area contributed by atoms with Gasteiger partial charge in [-0.05, 0) is 32.0 Å². The second kappa shape index (κ2) is 5.72. The fourth-order valence-corrected chi connectivity index (χ4v) is 5.18. The fourth-order valence-electron chi connectivity index (χ4n) is 2.13. The smallest absolute Gasteiger partial charge is 0.225 e. The number of aromatic nitrogens is 1. The van der Waals surface area contributed by atoms with Gasteiger partial charge in [0.1, 0.15) is 0 Å². The van der Waals surface area contributed by atoms with Crippen molar-refractivity contribution in [3.8, 4) is 0 Å². The van der Waals surface area contributed by atoms with Crippen molar-refractivity contribution in [1.82, 2.24) is 10.3 Å². The van der Waals surface area contributed by atoms with Crippen LogP contribution >= 0.6 is 23.6 Å². The average molecular weight is 320 g/mol. The lowest BCUT2D eigenvalue weighted by Gasteiger charge is -2.10. The summed E-state index contributed by atoms with van der Waals surface area (Å²) >= 11 is 6.39. The van der Waals surface area contributed by atoms with E-state index in [1.807, 2.05) is 6.92 Å². The van der Waals surface area contributed by atoms with Gasteiger partial charge in [0, 0.05) is 17.1 Å². The number of sulfone groups is 1. The van der Waals surface area contributed by atoms with E-state index in [1.165, 1.54) is 11.3 Å². The van der Waals surface area contributed by atoms with Crippen molar-refractivity contribution in [2.24, 2.45) is 0 Å². The van der Waals surface area contributed by atoms with Crippen LogP contribution in [-0.2, 0) is 21.1 Å². The maximum Gasteiger partial charge on any atom is 0.225 e. The van der Waals surface area contributed by atoms with Crippen LogP contribution in [0.3, 0.4) is 0 Å². The Kier molecular flexibility index (Phi) is 4.42. The molecule has 1 aromatic rings. The van der Waals surface area contributed by atoms with E-state index in [1.54, 1.807) is 0 Å². The Bertz CT molecular complexity index is 630. The topological polar surface area (TPSA) is 79.0 Å². The number of hydrogen-bond acceptors (Lipinski definition) is 5. The van der Waals surface area contributed by atoms with E-state index in [2.05, 4.69) is 10.3 Å². The Labute approximate surface area is 121 Å². The van der Waals surface area contributed by atoms with Crippen LogP contribution in [0.15, 0.2) is 0 Å². The van der Waals surface area contributed by atoms with E-state index in [0.29, 0.717) is 16.8 Å². The summed E-state index contributed by atoms with van der Waals surface area (Å²) in [5.74, 6) is 0.0849. The number of thiazole rings is 1. The number of carbonyl (C=O) groups excluding carboxylic acids is 1. The van der Waals surface area contributed by atoms with Crippen LogP contribution in [0.4, 0.5) is 0 Å². The normalized spacial score (nSPS) is 21.4. The number of hydrogen-bond donors (Lipinski definition) is 2. The summed E-state index contributed by atoms with van der Waals surface area (Å²) in [4.78, 5) is 15.7. The summed E-state index contributed by atoms with van der Waals surface area (Å²) in [7, 11) is -2.99. The van der Waals surface area contributed by atoms with E-state index in [0.717, 1.165) is 10.6 Å². The SMILES string of the molecule is Cc1[nH]c(=S)sc1CC(=O)NCC1CCCS1(=O)=O. The third-order valence-electron chi connectivity index (χ3n) is 3.23. The summed E-state index contributed by atoms with van der Waals surface area (Å²) < 4.78 is 23.9. The van der Waals surface area contributed by atoms with Crippen molar-refractivity contribution in [3.63, 3.8) is 0 Å². The molecule has 1 aliphatic rings. The van der Waals surface area contributed by atoms with Gasteiger partial charge in [0.05, 0.1) is 17.4 Å². The minimum absolute atomic E-state index is 0.157. The highest BCUT2D eigenvalue weighted by Crippen LogP contribution is 2.19. The number of aromatic amines is 1. The van der Waals surface area contributed by atoms with Gasteiger partial charge >= 0.3 is 0 Å². The number of carbonyl (C=O) groups is 1. The van der Waals surface area contributed by atoms with Crippen molar-refractivity contribution >= 4 is 39.3 Å². The molecule has 1 aliphatic heterocycles. The van der Waals surface area contributed by atoms with E-state index in [-0.39, 0.29) is 24.6 Å². The Morgan fingerprint density at radius 3 is 2.84 bits per heavy atom. The Morgan fingerprint density at radius 1 is 1.58 bits per heavy atom. The predicted molar refractivity (Wildman–Crippen MR) is 77.8 cm³/mol. The Morgan fingerprint density at radius 2 is 2.32 bits per heavy atom. The van der Waals surface area contributed by atoms with Crippen LogP contribution < -0.4 is 5.32 Å². The van der Waals surface area contributed by atoms with Gasteiger partial charge in [0.25, 0.3) is 0 Å². The second-order valence-electron chi connectivity index (χ2n) is 4.67. The van der Waals surface area contributed by atoms with E-state index >= 15 is 0 Å². The zero-order chi connectivity index (χ0) is 14.0. The highest BCUT2D eigenvalue weighted by atomic mass is 32.2. The monoisotopic (exact) mass is 320 g/mol. The highest BCUT2D eigenvalue weighted by molar-refractivity contribution is 7.92. The molecule has 1 fully saturated rings. The first-order chi connectivity index (χ1) is 8.88. The quantitative estimate of drug-likeness (QED) is 0.821. The molecule has 1 unspecified atom stereocenters. The molecule has 1 saturated heterocycles. The van der Waals surface area contributed by atoms with Crippen molar-refractivity contribution in [1.29, 1.82) is 0 Å². The maximum atomic E-state index is 11.8. The third-order valence-corrected chi connectivity index (χ3v) is 6.85. The Balaban J connectivity index is 1.89. The van der Waals surface area contributed by atoms with Crippen LogP contribution in [0.5, 0.6) is 0 Å². The molecule has 1 aromatic heterocycles. The first kappa shape index (κ1) is 14.7. The van der Waals surface area contributed by atoms with Crippen molar-refractivity contribution in [2.75, 3.05) is 12.3 Å². The van der Waals surface area contributed by atoms with Gasteiger partial charge < -0.3 is 10.3 Å². The molecule has 19 heavy (non-hydrogen) atoms. The van der Waals surface area contributed by atoms with E-state index in [4.69, 9.17) is 12.2 Å². The van der Waals surface area contributed by atoms with Gasteiger partial charge in [0.15, 0.2) is 13.8 Å². The summed E-state index contributed by atoms with van der Waals surface area (Å²) in [6, 6.07) is 0. The standard InChI is InChI=1S/C11H16N2O3S3/c1-7-9(18-11(17)13-7)5-10(14)12-6-8-3-2-4-19(8,15)16/h8H,2-6H2,1H3,(H,12,14)(H,13,17). The van der Waals surface area contributed by atoms with E-state index in [9.17, 15) is 13.2 Å². The van der Waals surface area contributed by atoms with Gasteiger partial charge in [-0.15, -0.1) is 11.3 Å². The molecule has 2 rings (SSSR count). The van der Waals surface area contributed by atoms with Crippen LogP contribution in [0.2, 0.25) is 0 Å². The number of rotatable bonds is 4. The first-order valence-electron chi connectivity index (χ1n) is 6.05. The molecular weight excluding hydrogens is 304 g/mol. The van der Waals surface area contributed by atoms with Gasteiger partial charge in [0.2, 0.25) is 5.91 Å². The molecule has 0 aliphatic carbocycles. The highest BCUT2D eigenvalue weighted by Gasteiger charge is 2.31. The molecule has 0 aromatic carbocycles. The molecule has 0 spiro atoms. The number of aryl methyl sites for hydroxylation is 1. The summed E-state index contributed by atoms with van der Waals surface area (Å²) in [5, 5.41) is 2.29. The summed E-state index contributed by atoms with van der Waals surface area (Å²) in [6.45, 7) is 2.09. The second-order valence-corrected chi connectivity index (χ2v) is 8.85. The predicted octanol–water partition coefficient (Wildman–Crippen LogP) is 1.35. The van der Waals surface area contributed by atoms with Gasteiger partial charge in [-0.25, -0.2) is 8.42 Å². The molecule has 1 atom stereocenters. The first-order valence-corrected chi connectivity index (χ1v) is 8.99. The zero-order valence-electron chi connectivity index (χ0n) is 10.6. The summed E-state index contributed by atoms with van der Waals surface area (Å²) in [6.07, 6.45) is 1.59. The summed E-state index contributed by atoms with van der Waals surface area (Å²) in [5.41, 5.74) is 0.902. The lowest BCUT2D eigenvalue weighted by atomic mass is 10.2.